The number of nitrogens with one attached hydrogen (secondary N) is 1. The SMILES string of the molecule is COc1cc(C=CC(=O)N[C@H]2CC[C@H](C)CC2)ccc1OCCN1CCN(C)CC1. The second-order valence-corrected chi connectivity index (χ2v) is 8.70. The molecule has 1 aliphatic heterocycles. The lowest BCUT2D eigenvalue weighted by atomic mass is 9.87. The van der Waals surface area contributed by atoms with Crippen LogP contribution in [0.15, 0.2) is 24.3 Å². The number of methoxy groups -OCH3 is 1. The lowest BCUT2D eigenvalue weighted by molar-refractivity contribution is -0.117. The van der Waals surface area contributed by atoms with Gasteiger partial charge in [-0.25, -0.2) is 0 Å². The largest absolute Gasteiger partial charge is 0.493 e. The minimum atomic E-state index is -0.0268. The molecule has 30 heavy (non-hydrogen) atoms. The average molecular weight is 416 g/mol. The zero-order valence-electron chi connectivity index (χ0n) is 18.7. The number of carbonyl (C=O) groups excluding carboxylic acids is 1. The van der Waals surface area contributed by atoms with E-state index >= 15 is 0 Å². The second-order valence-electron chi connectivity index (χ2n) is 8.70. The van der Waals surface area contributed by atoms with E-state index in [2.05, 4.69) is 29.1 Å². The van der Waals surface area contributed by atoms with E-state index in [9.17, 15) is 4.79 Å². The van der Waals surface area contributed by atoms with Gasteiger partial charge in [0, 0.05) is 44.8 Å². The molecule has 0 atom stereocenters. The number of benzene rings is 1. The van der Waals surface area contributed by atoms with Crippen molar-refractivity contribution >= 4 is 12.0 Å². The third-order valence-corrected chi connectivity index (χ3v) is 6.24. The molecule has 0 spiro atoms. The zero-order chi connectivity index (χ0) is 21.3. The van der Waals surface area contributed by atoms with Crippen LogP contribution in [0.2, 0.25) is 0 Å². The van der Waals surface area contributed by atoms with E-state index in [0.29, 0.717) is 18.4 Å². The van der Waals surface area contributed by atoms with Gasteiger partial charge in [-0.3, -0.25) is 9.69 Å². The summed E-state index contributed by atoms with van der Waals surface area (Å²) in [6.45, 7) is 8.22. The van der Waals surface area contributed by atoms with E-state index in [1.807, 2.05) is 24.3 Å². The van der Waals surface area contributed by atoms with E-state index in [4.69, 9.17) is 9.47 Å². The Kier molecular flexibility index (Phi) is 8.58. The van der Waals surface area contributed by atoms with Gasteiger partial charge in [0.05, 0.1) is 7.11 Å². The van der Waals surface area contributed by atoms with Crippen molar-refractivity contribution in [1.82, 2.24) is 15.1 Å². The minimum absolute atomic E-state index is 0.0268. The second kappa shape index (κ2) is 11.4. The highest BCUT2D eigenvalue weighted by Crippen LogP contribution is 2.28. The highest BCUT2D eigenvalue weighted by Gasteiger charge is 2.19. The van der Waals surface area contributed by atoms with E-state index in [0.717, 1.165) is 62.8 Å². The molecule has 1 heterocycles. The van der Waals surface area contributed by atoms with Gasteiger partial charge in [-0.05, 0) is 62.4 Å². The highest BCUT2D eigenvalue weighted by molar-refractivity contribution is 5.92. The Hall–Kier alpha value is -2.05. The van der Waals surface area contributed by atoms with Crippen LogP contribution in [0.3, 0.4) is 0 Å². The number of ether oxygens (including phenoxy) is 2. The molecule has 1 aromatic rings. The number of piperazine rings is 1. The summed E-state index contributed by atoms with van der Waals surface area (Å²) in [6, 6.07) is 6.10. The molecule has 0 bridgehead atoms. The van der Waals surface area contributed by atoms with Crippen molar-refractivity contribution in [1.29, 1.82) is 0 Å². The van der Waals surface area contributed by atoms with Gasteiger partial charge in [0.25, 0.3) is 0 Å². The van der Waals surface area contributed by atoms with Gasteiger partial charge >= 0.3 is 0 Å². The zero-order valence-corrected chi connectivity index (χ0v) is 18.7. The van der Waals surface area contributed by atoms with Crippen molar-refractivity contribution in [3.8, 4) is 11.5 Å². The number of hydrogen-bond donors (Lipinski definition) is 1. The minimum Gasteiger partial charge on any atom is -0.493 e. The van der Waals surface area contributed by atoms with Gasteiger partial charge in [0.15, 0.2) is 11.5 Å². The summed E-state index contributed by atoms with van der Waals surface area (Å²) in [6.07, 6.45) is 7.99. The summed E-state index contributed by atoms with van der Waals surface area (Å²) in [7, 11) is 3.81. The number of carbonyl (C=O) groups is 1. The molecule has 1 aromatic carbocycles. The van der Waals surface area contributed by atoms with Crippen LogP contribution in [0, 0.1) is 5.92 Å². The van der Waals surface area contributed by atoms with Gasteiger partial charge < -0.3 is 19.7 Å². The quantitative estimate of drug-likeness (QED) is 0.662. The summed E-state index contributed by atoms with van der Waals surface area (Å²) in [5.41, 5.74) is 0.922. The molecule has 0 radical (unpaired) electrons. The molecule has 6 nitrogen and oxygen atoms in total. The van der Waals surface area contributed by atoms with Gasteiger partial charge in [0.2, 0.25) is 5.91 Å². The van der Waals surface area contributed by atoms with Gasteiger partial charge in [-0.15, -0.1) is 0 Å². The predicted molar refractivity (Wildman–Crippen MR) is 121 cm³/mol. The van der Waals surface area contributed by atoms with Crippen LogP contribution < -0.4 is 14.8 Å². The van der Waals surface area contributed by atoms with Gasteiger partial charge in [-0.2, -0.15) is 0 Å². The van der Waals surface area contributed by atoms with E-state index < -0.39 is 0 Å². The lowest BCUT2D eigenvalue weighted by Gasteiger charge is -2.32. The van der Waals surface area contributed by atoms with Crippen molar-refractivity contribution < 1.29 is 14.3 Å². The fourth-order valence-electron chi connectivity index (χ4n) is 4.09. The van der Waals surface area contributed by atoms with Gasteiger partial charge in [0.1, 0.15) is 6.61 Å². The van der Waals surface area contributed by atoms with Crippen molar-refractivity contribution in [2.75, 3.05) is 53.5 Å². The normalized spacial score (nSPS) is 23.4. The third-order valence-electron chi connectivity index (χ3n) is 6.24. The van der Waals surface area contributed by atoms with Crippen molar-refractivity contribution in [2.45, 2.75) is 38.6 Å². The molecule has 0 aromatic heterocycles. The Morgan fingerprint density at radius 2 is 1.87 bits per heavy atom. The monoisotopic (exact) mass is 415 g/mol. The predicted octanol–water partition coefficient (Wildman–Crippen LogP) is 3.03. The topological polar surface area (TPSA) is 54.0 Å². The number of nitrogens with zero attached hydrogens (tertiary/aromatic N) is 2. The summed E-state index contributed by atoms with van der Waals surface area (Å²) in [5, 5.41) is 3.12. The first-order valence-corrected chi connectivity index (χ1v) is 11.2. The fraction of sp³-hybridized carbons (Fsp3) is 0.625. The Morgan fingerprint density at radius 3 is 2.57 bits per heavy atom. The van der Waals surface area contributed by atoms with Crippen LogP contribution in [0.1, 0.15) is 38.2 Å². The summed E-state index contributed by atoms with van der Waals surface area (Å²) in [4.78, 5) is 17.0. The smallest absolute Gasteiger partial charge is 0.244 e. The van der Waals surface area contributed by atoms with Crippen LogP contribution in [0.25, 0.3) is 6.08 Å². The summed E-state index contributed by atoms with van der Waals surface area (Å²) < 4.78 is 11.5. The maximum Gasteiger partial charge on any atom is 0.244 e. The first-order chi connectivity index (χ1) is 14.5. The molecular weight excluding hydrogens is 378 g/mol. The molecule has 2 fully saturated rings. The van der Waals surface area contributed by atoms with E-state index in [-0.39, 0.29) is 5.91 Å². The first kappa shape index (κ1) is 22.6. The molecule has 2 aliphatic rings. The molecule has 1 saturated carbocycles. The molecular formula is C24H37N3O3. The molecule has 166 valence electrons. The Bertz CT molecular complexity index is 706. The number of hydrogen-bond acceptors (Lipinski definition) is 5. The Labute approximate surface area is 181 Å². The van der Waals surface area contributed by atoms with Gasteiger partial charge in [-0.1, -0.05) is 13.0 Å². The molecule has 1 aliphatic carbocycles. The van der Waals surface area contributed by atoms with Crippen molar-refractivity contribution in [3.05, 3.63) is 29.8 Å². The standard InChI is InChI=1S/C24H37N3O3/c1-19-4-8-21(9-5-19)25-24(28)11-7-20-6-10-22(23(18-20)29-3)30-17-16-27-14-12-26(2)13-15-27/h6-7,10-11,18-19,21H,4-5,8-9,12-17H2,1-3H3,(H,25,28)/t19-,21-. The lowest BCUT2D eigenvalue weighted by Crippen LogP contribution is -2.45. The van der Waals surface area contributed by atoms with Crippen LogP contribution in [0.4, 0.5) is 0 Å². The Morgan fingerprint density at radius 1 is 1.13 bits per heavy atom. The summed E-state index contributed by atoms with van der Waals surface area (Å²) >= 11 is 0. The molecule has 1 saturated heterocycles. The molecule has 1 N–H and O–H groups in total. The summed E-state index contributed by atoms with van der Waals surface area (Å²) in [5.74, 6) is 2.19. The molecule has 1 amide bonds. The number of likely N-dealkylation sites (N-methyl/N-ethyl adjacent to an activating group) is 1. The van der Waals surface area contributed by atoms with E-state index in [1.165, 1.54) is 12.8 Å². The van der Waals surface area contributed by atoms with Crippen molar-refractivity contribution in [3.63, 3.8) is 0 Å². The van der Waals surface area contributed by atoms with Crippen LogP contribution in [-0.2, 0) is 4.79 Å². The Balaban J connectivity index is 1.47. The van der Waals surface area contributed by atoms with Crippen molar-refractivity contribution in [2.24, 2.45) is 5.92 Å². The maximum atomic E-state index is 12.2. The number of amides is 1. The fourth-order valence-corrected chi connectivity index (χ4v) is 4.09. The maximum absolute atomic E-state index is 12.2. The van der Waals surface area contributed by atoms with E-state index in [1.54, 1.807) is 13.2 Å². The van der Waals surface area contributed by atoms with Crippen LogP contribution in [-0.4, -0.2) is 75.2 Å². The molecule has 0 unspecified atom stereocenters. The highest BCUT2D eigenvalue weighted by atomic mass is 16.5. The van der Waals surface area contributed by atoms with Crippen LogP contribution >= 0.6 is 0 Å². The number of rotatable bonds is 8. The average Bonchev–Trinajstić information content (AvgIpc) is 2.76. The molecule has 3 rings (SSSR count). The molecule has 6 heteroatoms. The third kappa shape index (κ3) is 7.03. The van der Waals surface area contributed by atoms with Crippen LogP contribution in [0.5, 0.6) is 11.5 Å². The first-order valence-electron chi connectivity index (χ1n) is 11.2.